The van der Waals surface area contributed by atoms with E-state index in [4.69, 9.17) is 9.84 Å². The molecule has 0 spiro atoms. The number of aliphatic hydroxyl groups excluding tert-OH is 3. The number of H-pyrrole nitrogens is 1. The number of rotatable bonds is 3. The molecule has 1 saturated heterocycles. The van der Waals surface area contributed by atoms with Gasteiger partial charge >= 0.3 is 0 Å². The maximum atomic E-state index is 11.6. The molecule has 1 aliphatic rings. The van der Waals surface area contributed by atoms with Crippen molar-refractivity contribution in [3.05, 3.63) is 12.2 Å². The number of carbonyl (C=O) groups is 1. The minimum Gasteiger partial charge on any atom is -0.394 e. The summed E-state index contributed by atoms with van der Waals surface area (Å²) in [6.07, 6.45) is -3.47. The van der Waals surface area contributed by atoms with E-state index in [0.29, 0.717) is 0 Å². The molecule has 1 aromatic rings. The second-order valence-electron chi connectivity index (χ2n) is 3.76. The zero-order valence-electron chi connectivity index (χ0n) is 9.02. The first-order chi connectivity index (χ1) is 8.48. The Kier molecular flexibility index (Phi) is 3.28. The third kappa shape index (κ3) is 2.07. The second kappa shape index (κ2) is 4.59. The Hall–Kier alpha value is -1.59. The number of aromatic amines is 1. The molecule has 10 nitrogen and oxygen atoms in total. The fourth-order valence-corrected chi connectivity index (χ4v) is 1.59. The van der Waals surface area contributed by atoms with Crippen LogP contribution < -0.4 is 5.32 Å². The van der Waals surface area contributed by atoms with Gasteiger partial charge in [-0.1, -0.05) is 0 Å². The largest absolute Gasteiger partial charge is 0.394 e. The van der Waals surface area contributed by atoms with E-state index < -0.39 is 36.7 Å². The van der Waals surface area contributed by atoms with Crippen LogP contribution in [-0.2, 0) is 4.74 Å². The molecule has 0 bridgehead atoms. The van der Waals surface area contributed by atoms with Crippen LogP contribution in [0.15, 0.2) is 6.33 Å². The van der Waals surface area contributed by atoms with E-state index in [1.165, 1.54) is 0 Å². The molecular formula is C8H12N4O6. The Morgan fingerprint density at radius 1 is 1.61 bits per heavy atom. The highest BCUT2D eigenvalue weighted by Crippen LogP contribution is 2.27. The van der Waals surface area contributed by atoms with Crippen LogP contribution in [0.1, 0.15) is 10.6 Å². The predicted octanol–water partition coefficient (Wildman–Crippen LogP) is -3.71. The lowest BCUT2D eigenvalue weighted by Crippen LogP contribution is -2.57. The number of hydrogen-bond donors (Lipinski definition) is 6. The Balaban J connectivity index is 2.11. The first-order valence-corrected chi connectivity index (χ1v) is 5.03. The van der Waals surface area contributed by atoms with Gasteiger partial charge in [-0.2, -0.15) is 5.10 Å². The molecule has 1 aromatic heterocycles. The van der Waals surface area contributed by atoms with E-state index in [2.05, 4.69) is 15.2 Å². The molecule has 0 unspecified atom stereocenters. The van der Waals surface area contributed by atoms with Crippen LogP contribution in [0.2, 0.25) is 0 Å². The van der Waals surface area contributed by atoms with Gasteiger partial charge in [0.05, 0.1) is 6.61 Å². The molecule has 1 aliphatic heterocycles. The molecule has 100 valence electrons. The Bertz CT molecular complexity index is 425. The van der Waals surface area contributed by atoms with Gasteiger partial charge in [-0.3, -0.25) is 15.2 Å². The highest BCUT2D eigenvalue weighted by atomic mass is 16.7. The monoisotopic (exact) mass is 260 g/mol. The molecule has 10 heteroatoms. The lowest BCUT2D eigenvalue weighted by atomic mass is 10.1. The van der Waals surface area contributed by atoms with E-state index in [-0.39, 0.29) is 5.82 Å². The zero-order chi connectivity index (χ0) is 13.3. The minimum atomic E-state index is -2.50. The van der Waals surface area contributed by atoms with Crippen molar-refractivity contribution >= 4 is 5.91 Å². The van der Waals surface area contributed by atoms with Crippen LogP contribution >= 0.6 is 0 Å². The fourth-order valence-electron chi connectivity index (χ4n) is 1.59. The van der Waals surface area contributed by atoms with Gasteiger partial charge in [-0.15, -0.1) is 0 Å². The molecule has 18 heavy (non-hydrogen) atoms. The first kappa shape index (κ1) is 12.9. The summed E-state index contributed by atoms with van der Waals surface area (Å²) >= 11 is 0. The van der Waals surface area contributed by atoms with Crippen LogP contribution in [0.25, 0.3) is 0 Å². The van der Waals surface area contributed by atoms with Crippen molar-refractivity contribution < 1.29 is 30.0 Å². The van der Waals surface area contributed by atoms with Gasteiger partial charge in [-0.05, 0) is 0 Å². The van der Waals surface area contributed by atoms with Gasteiger partial charge in [0.1, 0.15) is 18.5 Å². The Labute approximate surface area is 100 Å². The van der Waals surface area contributed by atoms with E-state index in [9.17, 15) is 20.1 Å². The number of nitrogens with one attached hydrogen (secondary N) is 2. The quantitative estimate of drug-likeness (QED) is 0.302. The highest BCUT2D eigenvalue weighted by Gasteiger charge is 2.54. The number of hydrogen-bond acceptors (Lipinski definition) is 8. The van der Waals surface area contributed by atoms with Gasteiger partial charge in [0.25, 0.3) is 11.8 Å². The molecule has 0 aromatic carbocycles. The van der Waals surface area contributed by atoms with Crippen molar-refractivity contribution in [1.29, 1.82) is 0 Å². The summed E-state index contributed by atoms with van der Waals surface area (Å²) in [6.45, 7) is -0.626. The number of aromatic nitrogens is 3. The fraction of sp³-hybridized carbons (Fsp3) is 0.625. The van der Waals surface area contributed by atoms with E-state index in [0.717, 1.165) is 6.33 Å². The van der Waals surface area contributed by atoms with Crippen molar-refractivity contribution in [2.45, 2.75) is 24.2 Å². The van der Waals surface area contributed by atoms with Crippen LogP contribution in [0, 0.1) is 0 Å². The van der Waals surface area contributed by atoms with Crippen LogP contribution in [0.4, 0.5) is 0 Å². The van der Waals surface area contributed by atoms with E-state index in [1.54, 1.807) is 0 Å². The summed E-state index contributed by atoms with van der Waals surface area (Å²) in [7, 11) is 0. The molecule has 0 aliphatic carbocycles. The Morgan fingerprint density at radius 3 is 2.83 bits per heavy atom. The lowest BCUT2D eigenvalue weighted by Gasteiger charge is -2.26. The number of nitrogens with zero attached hydrogens (tertiary/aromatic N) is 2. The third-order valence-electron chi connectivity index (χ3n) is 2.54. The topological polar surface area (TPSA) is 161 Å². The Morgan fingerprint density at radius 2 is 2.33 bits per heavy atom. The lowest BCUT2D eigenvalue weighted by molar-refractivity contribution is -0.242. The molecule has 0 saturated carbocycles. The average Bonchev–Trinajstić information content (AvgIpc) is 2.93. The molecule has 6 N–H and O–H groups in total. The smallest absolute Gasteiger partial charge is 0.292 e. The van der Waals surface area contributed by atoms with Crippen molar-refractivity contribution in [2.24, 2.45) is 0 Å². The zero-order valence-corrected chi connectivity index (χ0v) is 9.02. The van der Waals surface area contributed by atoms with Crippen LogP contribution in [-0.4, -0.2) is 72.3 Å². The summed E-state index contributed by atoms with van der Waals surface area (Å²) in [5.74, 6) is -3.60. The van der Waals surface area contributed by atoms with E-state index in [1.807, 2.05) is 5.32 Å². The summed E-state index contributed by atoms with van der Waals surface area (Å²) in [6, 6.07) is 0. The van der Waals surface area contributed by atoms with Crippen LogP contribution in [0.3, 0.4) is 0 Å². The first-order valence-electron chi connectivity index (χ1n) is 5.03. The highest BCUT2D eigenvalue weighted by molar-refractivity contribution is 5.90. The summed E-state index contributed by atoms with van der Waals surface area (Å²) in [5, 5.41) is 45.4. The average molecular weight is 260 g/mol. The molecule has 4 atom stereocenters. The molecule has 0 radical (unpaired) electrons. The maximum absolute atomic E-state index is 11.6. The minimum absolute atomic E-state index is 0.207. The van der Waals surface area contributed by atoms with Gasteiger partial charge in [0.15, 0.2) is 6.10 Å². The number of aliphatic hydroxyl groups is 4. The van der Waals surface area contributed by atoms with Crippen LogP contribution in [0.5, 0.6) is 0 Å². The number of carbonyl (C=O) groups excluding carboxylic acids is 1. The van der Waals surface area contributed by atoms with Gasteiger partial charge in [-0.25, -0.2) is 4.98 Å². The molecule has 2 heterocycles. The summed E-state index contributed by atoms with van der Waals surface area (Å²) < 4.78 is 4.80. The summed E-state index contributed by atoms with van der Waals surface area (Å²) in [5.41, 5.74) is 0. The van der Waals surface area contributed by atoms with Crippen molar-refractivity contribution in [3.63, 3.8) is 0 Å². The number of ether oxygens (including phenoxy) is 1. The maximum Gasteiger partial charge on any atom is 0.292 e. The third-order valence-corrected chi connectivity index (χ3v) is 2.54. The van der Waals surface area contributed by atoms with Crippen molar-refractivity contribution in [1.82, 2.24) is 20.5 Å². The number of amides is 1. The van der Waals surface area contributed by atoms with Crippen molar-refractivity contribution in [3.8, 4) is 0 Å². The predicted molar refractivity (Wildman–Crippen MR) is 52.8 cm³/mol. The normalized spacial score (nSPS) is 35.7. The second-order valence-corrected chi connectivity index (χ2v) is 3.76. The molecule has 1 fully saturated rings. The molecule has 1 amide bonds. The summed E-state index contributed by atoms with van der Waals surface area (Å²) in [4.78, 5) is 15.1. The van der Waals surface area contributed by atoms with Crippen molar-refractivity contribution in [2.75, 3.05) is 6.61 Å². The molecule has 2 rings (SSSR count). The van der Waals surface area contributed by atoms with Gasteiger partial charge in [0, 0.05) is 0 Å². The standard InChI is InChI=1S/C8H12N4O6/c13-1-3-4(14)5(15)8(17,18-3)11-7(16)6-9-2-10-12-6/h2-5,13-15,17H,1H2,(H,11,16)(H,9,10,12)/t3-,4-,5-,8-/m1/s1. The van der Waals surface area contributed by atoms with Gasteiger partial charge in [0.2, 0.25) is 5.82 Å². The molecular weight excluding hydrogens is 248 g/mol. The van der Waals surface area contributed by atoms with E-state index >= 15 is 0 Å². The van der Waals surface area contributed by atoms with Gasteiger partial charge < -0.3 is 25.2 Å². The SMILES string of the molecule is O=C(N[C@]1(O)O[C@H](CO)[C@@H](O)[C@H]1O)c1ncn[nH]1.